The number of hydrogen-bond donors (Lipinski definition) is 0. The number of sulfone groups is 1. The van der Waals surface area contributed by atoms with E-state index < -0.39 is 15.8 Å². The van der Waals surface area contributed by atoms with Crippen molar-refractivity contribution in [3.8, 4) is 17.2 Å². The maximum Gasteiger partial charge on any atom is 0.338 e. The molecular weight excluding hydrogens is 320 g/mol. The van der Waals surface area contributed by atoms with Crippen LogP contribution in [0, 0.1) is 0 Å². The minimum absolute atomic E-state index is 0.200. The maximum atomic E-state index is 11.6. The number of esters is 1. The van der Waals surface area contributed by atoms with Gasteiger partial charge < -0.3 is 14.2 Å². The van der Waals surface area contributed by atoms with Gasteiger partial charge in [-0.15, -0.1) is 0 Å². The molecule has 2 aromatic rings. The van der Waals surface area contributed by atoms with Crippen molar-refractivity contribution in [2.24, 2.45) is 0 Å². The molecule has 0 fully saturated rings. The van der Waals surface area contributed by atoms with Gasteiger partial charge in [0.25, 0.3) is 0 Å². The summed E-state index contributed by atoms with van der Waals surface area (Å²) in [5, 5.41) is 0. The highest BCUT2D eigenvalue weighted by molar-refractivity contribution is 7.90. The van der Waals surface area contributed by atoms with Crippen LogP contribution >= 0.6 is 0 Å². The van der Waals surface area contributed by atoms with Gasteiger partial charge in [-0.1, -0.05) is 0 Å². The van der Waals surface area contributed by atoms with Crippen LogP contribution in [0.1, 0.15) is 10.4 Å². The number of ether oxygens (including phenoxy) is 3. The minimum atomic E-state index is -3.26. The first-order valence-corrected chi connectivity index (χ1v) is 8.48. The van der Waals surface area contributed by atoms with Crippen LogP contribution in [0.2, 0.25) is 0 Å². The molecule has 0 unspecified atom stereocenters. The van der Waals surface area contributed by atoms with Crippen molar-refractivity contribution in [2.45, 2.75) is 4.90 Å². The quantitative estimate of drug-likeness (QED) is 0.781. The van der Waals surface area contributed by atoms with Crippen molar-refractivity contribution in [1.82, 2.24) is 0 Å². The normalized spacial score (nSPS) is 10.9. The van der Waals surface area contributed by atoms with E-state index in [-0.39, 0.29) is 10.5 Å². The summed E-state index contributed by atoms with van der Waals surface area (Å²) in [5.74, 6) is 0.732. The molecule has 0 amide bonds. The third-order valence-electron chi connectivity index (χ3n) is 3.02. The fourth-order valence-electron chi connectivity index (χ4n) is 1.88. The molecule has 0 atom stereocenters. The number of methoxy groups -OCH3 is 2. The van der Waals surface area contributed by atoms with Crippen molar-refractivity contribution in [3.05, 3.63) is 48.0 Å². The Bertz CT molecular complexity index is 809. The van der Waals surface area contributed by atoms with Crippen LogP contribution in [0.25, 0.3) is 0 Å². The molecule has 23 heavy (non-hydrogen) atoms. The second-order valence-corrected chi connectivity index (χ2v) is 6.75. The first-order valence-electron chi connectivity index (χ1n) is 6.59. The van der Waals surface area contributed by atoms with Gasteiger partial charge in [0, 0.05) is 12.3 Å². The molecule has 6 nitrogen and oxygen atoms in total. The van der Waals surface area contributed by atoms with E-state index in [1.165, 1.54) is 50.6 Å². The van der Waals surface area contributed by atoms with E-state index in [1.807, 2.05) is 0 Å². The Hall–Kier alpha value is -2.54. The summed E-state index contributed by atoms with van der Waals surface area (Å²) in [6.07, 6.45) is 1.13. The van der Waals surface area contributed by atoms with E-state index in [1.54, 1.807) is 6.07 Å². The summed E-state index contributed by atoms with van der Waals surface area (Å²) in [4.78, 5) is 11.8. The monoisotopic (exact) mass is 336 g/mol. The Kier molecular flexibility index (Phi) is 4.90. The van der Waals surface area contributed by atoms with Gasteiger partial charge >= 0.3 is 5.97 Å². The molecule has 122 valence electrons. The zero-order chi connectivity index (χ0) is 17.0. The lowest BCUT2D eigenvalue weighted by Crippen LogP contribution is -2.02. The van der Waals surface area contributed by atoms with Crippen LogP contribution in [0.3, 0.4) is 0 Å². The molecule has 0 aromatic heterocycles. The lowest BCUT2D eigenvalue weighted by atomic mass is 10.2. The third kappa shape index (κ3) is 4.23. The fourth-order valence-corrected chi connectivity index (χ4v) is 2.51. The van der Waals surface area contributed by atoms with E-state index in [0.29, 0.717) is 17.2 Å². The molecule has 2 aromatic carbocycles. The van der Waals surface area contributed by atoms with Crippen LogP contribution in [0.15, 0.2) is 47.4 Å². The Morgan fingerprint density at radius 3 is 2.04 bits per heavy atom. The molecule has 0 N–H and O–H groups in total. The van der Waals surface area contributed by atoms with Crippen LogP contribution in [0.5, 0.6) is 17.2 Å². The summed E-state index contributed by atoms with van der Waals surface area (Å²) in [5.41, 5.74) is 0.287. The summed E-state index contributed by atoms with van der Waals surface area (Å²) >= 11 is 0. The standard InChI is InChI=1S/C16H16O6S/c1-20-13-8-11(16(17)21-2)9-14(10-13)22-12-4-6-15(7-5-12)23(3,18)19/h4-10H,1-3H3. The molecular formula is C16H16O6S. The summed E-state index contributed by atoms with van der Waals surface area (Å²) in [6, 6.07) is 10.6. The average Bonchev–Trinajstić information content (AvgIpc) is 2.53. The fraction of sp³-hybridized carbons (Fsp3) is 0.188. The smallest absolute Gasteiger partial charge is 0.338 e. The van der Waals surface area contributed by atoms with Crippen LogP contribution in [-0.4, -0.2) is 34.9 Å². The van der Waals surface area contributed by atoms with Gasteiger partial charge in [0.05, 0.1) is 24.7 Å². The van der Waals surface area contributed by atoms with E-state index in [0.717, 1.165) is 6.26 Å². The molecule has 0 saturated carbocycles. The second kappa shape index (κ2) is 6.70. The predicted octanol–water partition coefficient (Wildman–Crippen LogP) is 2.68. The minimum Gasteiger partial charge on any atom is -0.497 e. The maximum absolute atomic E-state index is 11.6. The van der Waals surface area contributed by atoms with Gasteiger partial charge in [-0.25, -0.2) is 13.2 Å². The molecule has 0 aliphatic heterocycles. The highest BCUT2D eigenvalue weighted by Gasteiger charge is 2.11. The molecule has 0 aliphatic rings. The third-order valence-corrected chi connectivity index (χ3v) is 4.15. The molecule has 0 aliphatic carbocycles. The molecule has 0 heterocycles. The zero-order valence-corrected chi connectivity index (χ0v) is 13.7. The molecule has 2 rings (SSSR count). The first-order chi connectivity index (χ1) is 10.8. The van der Waals surface area contributed by atoms with E-state index in [2.05, 4.69) is 4.74 Å². The topological polar surface area (TPSA) is 78.9 Å². The summed E-state index contributed by atoms with van der Waals surface area (Å²) < 4.78 is 38.3. The Morgan fingerprint density at radius 1 is 0.913 bits per heavy atom. The van der Waals surface area contributed by atoms with Gasteiger partial charge in [-0.3, -0.25) is 0 Å². The molecule has 0 bridgehead atoms. The molecule has 7 heteroatoms. The number of carbonyl (C=O) groups excluding carboxylic acids is 1. The van der Waals surface area contributed by atoms with Crippen molar-refractivity contribution < 1.29 is 27.4 Å². The predicted molar refractivity (Wildman–Crippen MR) is 84.0 cm³/mol. The molecule has 0 spiro atoms. The van der Waals surface area contributed by atoms with Crippen molar-refractivity contribution in [1.29, 1.82) is 0 Å². The van der Waals surface area contributed by atoms with Crippen molar-refractivity contribution >= 4 is 15.8 Å². The second-order valence-electron chi connectivity index (χ2n) is 4.73. The van der Waals surface area contributed by atoms with E-state index in [4.69, 9.17) is 9.47 Å². The van der Waals surface area contributed by atoms with Crippen molar-refractivity contribution in [3.63, 3.8) is 0 Å². The number of rotatable bonds is 5. The largest absolute Gasteiger partial charge is 0.497 e. The molecule has 0 saturated heterocycles. The van der Waals surface area contributed by atoms with E-state index in [9.17, 15) is 13.2 Å². The van der Waals surface area contributed by atoms with Gasteiger partial charge in [0.2, 0.25) is 0 Å². The van der Waals surface area contributed by atoms with Gasteiger partial charge in [0.1, 0.15) is 17.2 Å². The summed E-state index contributed by atoms with van der Waals surface area (Å²) in [6.45, 7) is 0. The van der Waals surface area contributed by atoms with Gasteiger partial charge in [0.15, 0.2) is 9.84 Å². The Balaban J connectivity index is 2.30. The zero-order valence-electron chi connectivity index (χ0n) is 12.9. The lowest BCUT2D eigenvalue weighted by Gasteiger charge is -2.10. The van der Waals surface area contributed by atoms with Crippen LogP contribution in [0.4, 0.5) is 0 Å². The highest BCUT2D eigenvalue weighted by Crippen LogP contribution is 2.28. The van der Waals surface area contributed by atoms with Gasteiger partial charge in [-0.05, 0) is 36.4 Å². The van der Waals surface area contributed by atoms with Crippen LogP contribution < -0.4 is 9.47 Å². The van der Waals surface area contributed by atoms with Crippen molar-refractivity contribution in [2.75, 3.05) is 20.5 Å². The number of carbonyl (C=O) groups is 1. The average molecular weight is 336 g/mol. The number of benzene rings is 2. The first kappa shape index (κ1) is 16.8. The lowest BCUT2D eigenvalue weighted by molar-refractivity contribution is 0.0600. The molecule has 0 radical (unpaired) electrons. The number of hydrogen-bond acceptors (Lipinski definition) is 6. The summed E-state index contributed by atoms with van der Waals surface area (Å²) in [7, 11) is -0.504. The SMILES string of the molecule is COC(=O)c1cc(OC)cc(Oc2ccc(S(C)(=O)=O)cc2)c1. The Labute approximate surface area is 134 Å². The van der Waals surface area contributed by atoms with Gasteiger partial charge in [-0.2, -0.15) is 0 Å². The highest BCUT2D eigenvalue weighted by atomic mass is 32.2. The van der Waals surface area contributed by atoms with E-state index >= 15 is 0 Å². The Morgan fingerprint density at radius 2 is 1.52 bits per heavy atom. The van der Waals surface area contributed by atoms with Crippen LogP contribution in [-0.2, 0) is 14.6 Å².